The van der Waals surface area contributed by atoms with Crippen LogP contribution in [0.25, 0.3) is 11.0 Å². The Balaban J connectivity index is 2.13. The van der Waals surface area contributed by atoms with Crippen LogP contribution >= 0.6 is 11.6 Å². The fourth-order valence-corrected chi connectivity index (χ4v) is 3.09. The predicted octanol–water partition coefficient (Wildman–Crippen LogP) is 3.35. The van der Waals surface area contributed by atoms with E-state index in [4.69, 9.17) is 16.6 Å². The highest BCUT2D eigenvalue weighted by Crippen LogP contribution is 2.29. The summed E-state index contributed by atoms with van der Waals surface area (Å²) in [7, 11) is 2.08. The highest BCUT2D eigenvalue weighted by atomic mass is 35.5. The molecule has 1 aliphatic heterocycles. The van der Waals surface area contributed by atoms with Crippen molar-refractivity contribution in [1.82, 2.24) is 14.9 Å². The fourth-order valence-electron chi connectivity index (χ4n) is 2.78. The van der Waals surface area contributed by atoms with E-state index in [0.717, 1.165) is 34.8 Å². The molecule has 1 atom stereocenters. The normalized spacial score (nSPS) is 20.5. The van der Waals surface area contributed by atoms with E-state index in [1.54, 1.807) is 0 Å². The highest BCUT2D eigenvalue weighted by Gasteiger charge is 2.21. The third-order valence-electron chi connectivity index (χ3n) is 3.74. The average molecular weight is 264 g/mol. The molecule has 1 aliphatic rings. The van der Waals surface area contributed by atoms with Gasteiger partial charge in [-0.1, -0.05) is 18.0 Å². The van der Waals surface area contributed by atoms with Crippen molar-refractivity contribution in [2.45, 2.75) is 32.2 Å². The van der Waals surface area contributed by atoms with Gasteiger partial charge in [0.2, 0.25) is 0 Å². The molecular weight excluding hydrogens is 246 g/mol. The number of imidazole rings is 1. The zero-order chi connectivity index (χ0) is 12.7. The summed E-state index contributed by atoms with van der Waals surface area (Å²) in [6, 6.07) is 4.50. The Bertz CT molecular complexity index is 582. The summed E-state index contributed by atoms with van der Waals surface area (Å²) in [4.78, 5) is 4.75. The van der Waals surface area contributed by atoms with Gasteiger partial charge in [0.05, 0.1) is 16.6 Å². The van der Waals surface area contributed by atoms with Crippen LogP contribution in [0.4, 0.5) is 0 Å². The van der Waals surface area contributed by atoms with Gasteiger partial charge in [0.15, 0.2) is 0 Å². The van der Waals surface area contributed by atoms with Crippen molar-refractivity contribution in [3.05, 3.63) is 28.5 Å². The van der Waals surface area contributed by atoms with Gasteiger partial charge in [-0.15, -0.1) is 0 Å². The summed E-state index contributed by atoms with van der Waals surface area (Å²) in [6.07, 6.45) is 3.70. The molecule has 18 heavy (non-hydrogen) atoms. The van der Waals surface area contributed by atoms with Gasteiger partial charge >= 0.3 is 0 Å². The molecule has 0 radical (unpaired) electrons. The quantitative estimate of drug-likeness (QED) is 0.855. The van der Waals surface area contributed by atoms with E-state index >= 15 is 0 Å². The molecule has 0 aliphatic carbocycles. The van der Waals surface area contributed by atoms with E-state index in [-0.39, 0.29) is 0 Å². The van der Waals surface area contributed by atoms with E-state index in [1.807, 2.05) is 6.07 Å². The summed E-state index contributed by atoms with van der Waals surface area (Å²) >= 11 is 6.29. The molecule has 2 aromatic rings. The topological polar surface area (TPSA) is 29.9 Å². The number of hydrogen-bond donors (Lipinski definition) is 1. The van der Waals surface area contributed by atoms with Gasteiger partial charge in [0, 0.05) is 7.05 Å². The average Bonchev–Trinajstić information content (AvgIpc) is 2.69. The SMILES string of the molecule is Cc1cc(Cl)c2nc(C3CCCCN3)n(C)c2c1. The maximum Gasteiger partial charge on any atom is 0.126 e. The number of benzene rings is 1. The number of piperidine rings is 1. The molecule has 1 unspecified atom stereocenters. The smallest absolute Gasteiger partial charge is 0.126 e. The molecule has 1 N–H and O–H groups in total. The molecule has 1 fully saturated rings. The van der Waals surface area contributed by atoms with Crippen LogP contribution in [0.5, 0.6) is 0 Å². The molecule has 3 nitrogen and oxygen atoms in total. The van der Waals surface area contributed by atoms with Gasteiger partial charge < -0.3 is 9.88 Å². The van der Waals surface area contributed by atoms with Crippen molar-refractivity contribution in [3.8, 4) is 0 Å². The second-order valence-corrected chi connectivity index (χ2v) is 5.55. The first-order chi connectivity index (χ1) is 8.66. The van der Waals surface area contributed by atoms with Crippen LogP contribution in [0, 0.1) is 6.92 Å². The minimum Gasteiger partial charge on any atom is -0.330 e. The van der Waals surface area contributed by atoms with E-state index in [0.29, 0.717) is 6.04 Å². The van der Waals surface area contributed by atoms with Gasteiger partial charge in [-0.3, -0.25) is 0 Å². The summed E-state index contributed by atoms with van der Waals surface area (Å²) < 4.78 is 2.18. The van der Waals surface area contributed by atoms with Crippen LogP contribution in [-0.2, 0) is 7.05 Å². The fraction of sp³-hybridized carbons (Fsp3) is 0.500. The van der Waals surface area contributed by atoms with E-state index in [1.165, 1.54) is 18.4 Å². The van der Waals surface area contributed by atoms with Gasteiger partial charge in [-0.25, -0.2) is 4.98 Å². The van der Waals surface area contributed by atoms with E-state index in [2.05, 4.69) is 29.9 Å². The highest BCUT2D eigenvalue weighted by molar-refractivity contribution is 6.35. The molecule has 0 bridgehead atoms. The van der Waals surface area contributed by atoms with Crippen molar-refractivity contribution in [1.29, 1.82) is 0 Å². The summed E-state index contributed by atoms with van der Waals surface area (Å²) in [6.45, 7) is 3.15. The predicted molar refractivity (Wildman–Crippen MR) is 75.1 cm³/mol. The molecule has 1 aromatic carbocycles. The number of aromatic nitrogens is 2. The minimum atomic E-state index is 0.368. The number of rotatable bonds is 1. The summed E-state index contributed by atoms with van der Waals surface area (Å²) in [5.74, 6) is 1.11. The molecule has 1 saturated heterocycles. The van der Waals surface area contributed by atoms with Gasteiger partial charge in [-0.2, -0.15) is 0 Å². The first kappa shape index (κ1) is 12.0. The number of nitrogens with one attached hydrogen (secondary N) is 1. The van der Waals surface area contributed by atoms with Crippen molar-refractivity contribution < 1.29 is 0 Å². The Hall–Kier alpha value is -1.06. The van der Waals surface area contributed by atoms with E-state index in [9.17, 15) is 0 Å². The molecule has 0 saturated carbocycles. The molecule has 1 aromatic heterocycles. The lowest BCUT2D eigenvalue weighted by Crippen LogP contribution is -2.28. The first-order valence-corrected chi connectivity index (χ1v) is 6.90. The number of aryl methyl sites for hydroxylation is 2. The Labute approximate surface area is 112 Å². The Kier molecular flexibility index (Phi) is 3.04. The van der Waals surface area contributed by atoms with Crippen molar-refractivity contribution >= 4 is 22.6 Å². The zero-order valence-electron chi connectivity index (χ0n) is 10.8. The molecule has 3 rings (SSSR count). The molecule has 96 valence electrons. The number of nitrogens with zero attached hydrogens (tertiary/aromatic N) is 2. The lowest BCUT2D eigenvalue weighted by Gasteiger charge is -2.22. The minimum absolute atomic E-state index is 0.368. The van der Waals surface area contributed by atoms with Crippen LogP contribution in [0.15, 0.2) is 12.1 Å². The number of fused-ring (bicyclic) bond motifs is 1. The van der Waals surface area contributed by atoms with Gasteiger partial charge in [0.25, 0.3) is 0 Å². The molecule has 0 spiro atoms. The maximum absolute atomic E-state index is 6.29. The Morgan fingerprint density at radius 1 is 1.39 bits per heavy atom. The zero-order valence-corrected chi connectivity index (χ0v) is 11.6. The van der Waals surface area contributed by atoms with E-state index < -0.39 is 0 Å². The lowest BCUT2D eigenvalue weighted by atomic mass is 10.0. The Morgan fingerprint density at radius 3 is 2.94 bits per heavy atom. The molecular formula is C14H18ClN3. The van der Waals surface area contributed by atoms with Crippen molar-refractivity contribution in [2.75, 3.05) is 6.54 Å². The lowest BCUT2D eigenvalue weighted by molar-refractivity contribution is 0.392. The van der Waals surface area contributed by atoms with Crippen LogP contribution < -0.4 is 5.32 Å². The largest absolute Gasteiger partial charge is 0.330 e. The number of hydrogen-bond acceptors (Lipinski definition) is 2. The van der Waals surface area contributed by atoms with Gasteiger partial charge in [0.1, 0.15) is 11.3 Å². The third kappa shape index (κ3) is 1.91. The van der Waals surface area contributed by atoms with Crippen molar-refractivity contribution in [3.63, 3.8) is 0 Å². The second kappa shape index (κ2) is 4.56. The first-order valence-electron chi connectivity index (χ1n) is 6.52. The van der Waals surface area contributed by atoms with Crippen LogP contribution in [0.3, 0.4) is 0 Å². The standard InChI is InChI=1S/C14H18ClN3/c1-9-7-10(15)13-12(8-9)18(2)14(17-13)11-5-3-4-6-16-11/h7-8,11,16H,3-6H2,1-2H3. The summed E-state index contributed by atoms with van der Waals surface area (Å²) in [5, 5.41) is 4.30. The molecule has 2 heterocycles. The molecule has 0 amide bonds. The molecule has 4 heteroatoms. The Morgan fingerprint density at radius 2 is 2.22 bits per heavy atom. The van der Waals surface area contributed by atoms with Crippen molar-refractivity contribution in [2.24, 2.45) is 7.05 Å². The van der Waals surface area contributed by atoms with Crippen LogP contribution in [-0.4, -0.2) is 16.1 Å². The third-order valence-corrected chi connectivity index (χ3v) is 4.03. The monoisotopic (exact) mass is 263 g/mol. The maximum atomic E-state index is 6.29. The van der Waals surface area contributed by atoms with Crippen LogP contribution in [0.2, 0.25) is 5.02 Å². The van der Waals surface area contributed by atoms with Gasteiger partial charge in [-0.05, 0) is 44.0 Å². The van der Waals surface area contributed by atoms with Crippen LogP contribution in [0.1, 0.15) is 36.7 Å². The summed E-state index contributed by atoms with van der Waals surface area (Å²) in [5.41, 5.74) is 3.23. The number of halogens is 1. The second-order valence-electron chi connectivity index (χ2n) is 5.15.